The Morgan fingerprint density at radius 3 is 2.09 bits per heavy atom. The van der Waals surface area contributed by atoms with Gasteiger partial charge < -0.3 is 22.8 Å². The number of hydrogen-bond donors (Lipinski definition) is 2. The van der Waals surface area contributed by atoms with Gasteiger partial charge in [-0.1, -0.05) is 106 Å². The van der Waals surface area contributed by atoms with Crippen LogP contribution in [0.2, 0.25) is 0 Å². The third kappa shape index (κ3) is 10.8. The molecule has 0 saturated carbocycles. The van der Waals surface area contributed by atoms with Crippen LogP contribution in [0, 0.1) is 0 Å². The van der Waals surface area contributed by atoms with Crippen molar-refractivity contribution in [2.45, 2.75) is 90.2 Å². The van der Waals surface area contributed by atoms with Crippen LogP contribution in [0.3, 0.4) is 0 Å². The van der Waals surface area contributed by atoms with E-state index in [0.717, 1.165) is 17.5 Å². The van der Waals surface area contributed by atoms with E-state index in [0.29, 0.717) is 13.0 Å². The molecule has 3 nitrogen and oxygen atoms in total. The van der Waals surface area contributed by atoms with Crippen LogP contribution in [0.1, 0.15) is 99.2 Å². The molecular weight excluding hydrogens is 418 g/mol. The van der Waals surface area contributed by atoms with E-state index in [1.54, 1.807) is 0 Å². The Morgan fingerprint density at radius 1 is 0.875 bits per heavy atom. The van der Waals surface area contributed by atoms with Gasteiger partial charge in [0.15, 0.2) is 5.78 Å². The maximum atomic E-state index is 12.5. The number of nitrogens with two attached hydrogens (primary N) is 1. The number of ketones is 1. The fourth-order valence-electron chi connectivity index (χ4n) is 4.02. The first-order valence-electron chi connectivity index (χ1n) is 12.3. The molecule has 2 aromatic carbocycles. The molecule has 2 unspecified atom stereocenters. The molecule has 3 N–H and O–H groups in total. The molecule has 0 aliphatic carbocycles. The number of benzene rings is 2. The van der Waals surface area contributed by atoms with Crippen LogP contribution in [0.4, 0.5) is 0 Å². The average molecular weight is 460 g/mol. The number of aryl methyl sites for hydroxylation is 1. The normalized spacial score (nSPS) is 12.7. The number of unbranched alkanes of at least 4 members (excludes halogenated alkanes) is 7. The Labute approximate surface area is 201 Å². The van der Waals surface area contributed by atoms with Crippen molar-refractivity contribution in [1.29, 1.82) is 0 Å². The van der Waals surface area contributed by atoms with Gasteiger partial charge in [-0.15, -0.1) is 0 Å². The first-order chi connectivity index (χ1) is 15.1. The fraction of sp³-hybridized carbons (Fsp3) is 0.536. The molecular formula is C28H42ClNO2. The summed E-state index contributed by atoms with van der Waals surface area (Å²) in [6.07, 6.45) is 11.8. The highest BCUT2D eigenvalue weighted by Crippen LogP contribution is 2.14. The van der Waals surface area contributed by atoms with E-state index in [2.05, 4.69) is 24.4 Å². The lowest BCUT2D eigenvalue weighted by atomic mass is 10.0. The molecule has 0 aromatic heterocycles. The van der Waals surface area contributed by atoms with E-state index >= 15 is 0 Å². The van der Waals surface area contributed by atoms with Crippen LogP contribution in [0.15, 0.2) is 54.6 Å². The van der Waals surface area contributed by atoms with Gasteiger partial charge in [0, 0.05) is 5.56 Å². The molecule has 4 heteroatoms. The van der Waals surface area contributed by atoms with Crippen LogP contribution >= 0.6 is 0 Å². The number of hydrogen-bond acceptors (Lipinski definition) is 2. The Balaban J connectivity index is 0.00000512. The molecule has 0 radical (unpaired) electrons. The van der Waals surface area contributed by atoms with Gasteiger partial charge in [0.2, 0.25) is 0 Å². The fourth-order valence-corrected chi connectivity index (χ4v) is 4.02. The van der Waals surface area contributed by atoms with Crippen LogP contribution in [0.5, 0.6) is 0 Å². The largest absolute Gasteiger partial charge is 1.00 e. The second-order valence-electron chi connectivity index (χ2n) is 8.83. The number of Topliss-reactive ketones (excluding diaryl/α,β-unsaturated/α-hetero) is 1. The highest BCUT2D eigenvalue weighted by molar-refractivity contribution is 5.96. The third-order valence-corrected chi connectivity index (χ3v) is 6.14. The van der Waals surface area contributed by atoms with E-state index in [1.807, 2.05) is 49.4 Å². The number of quaternary nitrogens is 1. The predicted molar refractivity (Wildman–Crippen MR) is 129 cm³/mol. The summed E-state index contributed by atoms with van der Waals surface area (Å²) in [7, 11) is 0. The van der Waals surface area contributed by atoms with Crippen LogP contribution < -0.4 is 17.7 Å². The number of carbonyl (C=O) groups is 1. The van der Waals surface area contributed by atoms with E-state index in [9.17, 15) is 9.90 Å². The molecule has 0 fully saturated rings. The van der Waals surface area contributed by atoms with Gasteiger partial charge in [-0.25, -0.2) is 0 Å². The minimum Gasteiger partial charge on any atom is -1.00 e. The highest BCUT2D eigenvalue weighted by atomic mass is 35.5. The van der Waals surface area contributed by atoms with Gasteiger partial charge in [0.05, 0.1) is 13.0 Å². The summed E-state index contributed by atoms with van der Waals surface area (Å²) >= 11 is 0. The minimum atomic E-state index is -0.521. The lowest BCUT2D eigenvalue weighted by molar-refractivity contribution is -0.693. The first kappa shape index (κ1) is 28.4. The van der Waals surface area contributed by atoms with Gasteiger partial charge in [-0.2, -0.15) is 0 Å². The smallest absolute Gasteiger partial charge is 0.168 e. The zero-order valence-corrected chi connectivity index (χ0v) is 20.7. The van der Waals surface area contributed by atoms with Crippen molar-refractivity contribution in [3.05, 3.63) is 71.3 Å². The van der Waals surface area contributed by atoms with E-state index in [1.165, 1.54) is 56.9 Å². The maximum absolute atomic E-state index is 12.5. The van der Waals surface area contributed by atoms with Crippen molar-refractivity contribution in [2.24, 2.45) is 0 Å². The SMILES string of the molecule is CCCCCCCCCCc1ccc(C(=O)CC[NH2+]C(C)C(O)c2ccccc2)cc1.[Cl-]. The molecule has 32 heavy (non-hydrogen) atoms. The molecule has 0 aliphatic rings. The number of rotatable bonds is 16. The number of halogens is 1. The molecule has 2 rings (SSSR count). The molecule has 0 bridgehead atoms. The van der Waals surface area contributed by atoms with Crippen molar-refractivity contribution in [3.8, 4) is 0 Å². The third-order valence-electron chi connectivity index (χ3n) is 6.14. The zero-order valence-electron chi connectivity index (χ0n) is 19.9. The summed E-state index contributed by atoms with van der Waals surface area (Å²) in [5.41, 5.74) is 3.04. The standard InChI is InChI=1S/C28H41NO2.ClH/c1-3-4-5-6-7-8-9-11-14-24-17-19-25(20-18-24)27(30)21-22-29-23(2)28(31)26-15-12-10-13-16-26;/h10,12-13,15-20,23,28-29,31H,3-9,11,14,21-22H2,1-2H3;1H. The Bertz CT molecular complexity index is 733. The van der Waals surface area contributed by atoms with E-state index < -0.39 is 6.10 Å². The molecule has 0 amide bonds. The van der Waals surface area contributed by atoms with Gasteiger partial charge in [-0.05, 0) is 30.9 Å². The summed E-state index contributed by atoms with van der Waals surface area (Å²) in [6.45, 7) is 4.95. The molecule has 0 saturated heterocycles. The van der Waals surface area contributed by atoms with Gasteiger partial charge in [0.25, 0.3) is 0 Å². The van der Waals surface area contributed by atoms with Gasteiger partial charge in [0.1, 0.15) is 12.1 Å². The number of aliphatic hydroxyl groups excluding tert-OH is 1. The van der Waals surface area contributed by atoms with Gasteiger partial charge >= 0.3 is 0 Å². The second-order valence-corrected chi connectivity index (χ2v) is 8.83. The summed E-state index contributed by atoms with van der Waals surface area (Å²) in [6, 6.07) is 17.9. The molecule has 178 valence electrons. The van der Waals surface area contributed by atoms with Crippen LogP contribution in [0.25, 0.3) is 0 Å². The molecule has 2 aromatic rings. The maximum Gasteiger partial charge on any atom is 0.168 e. The Kier molecular flexibility index (Phi) is 15.0. The monoisotopic (exact) mass is 459 g/mol. The summed E-state index contributed by atoms with van der Waals surface area (Å²) in [5, 5.41) is 12.5. The molecule has 2 atom stereocenters. The topological polar surface area (TPSA) is 53.9 Å². The lowest BCUT2D eigenvalue weighted by Gasteiger charge is -2.17. The molecule has 0 spiro atoms. The Morgan fingerprint density at radius 2 is 1.47 bits per heavy atom. The second kappa shape index (κ2) is 16.9. The van der Waals surface area contributed by atoms with Crippen molar-refractivity contribution in [3.63, 3.8) is 0 Å². The predicted octanol–water partition coefficient (Wildman–Crippen LogP) is 2.63. The average Bonchev–Trinajstić information content (AvgIpc) is 2.81. The summed E-state index contributed by atoms with van der Waals surface area (Å²) in [5.74, 6) is 0.177. The van der Waals surface area contributed by atoms with E-state index in [4.69, 9.17) is 0 Å². The minimum absolute atomic E-state index is 0. The summed E-state index contributed by atoms with van der Waals surface area (Å²) < 4.78 is 0. The van der Waals surface area contributed by atoms with Crippen molar-refractivity contribution >= 4 is 5.78 Å². The van der Waals surface area contributed by atoms with Crippen molar-refractivity contribution < 1.29 is 27.6 Å². The molecule has 0 aliphatic heterocycles. The Hall–Kier alpha value is -1.68. The first-order valence-corrected chi connectivity index (χ1v) is 12.3. The van der Waals surface area contributed by atoms with Crippen LogP contribution in [-0.2, 0) is 6.42 Å². The molecule has 0 heterocycles. The van der Waals surface area contributed by atoms with E-state index in [-0.39, 0.29) is 24.2 Å². The lowest BCUT2D eigenvalue weighted by Crippen LogP contribution is -3.00. The van der Waals surface area contributed by atoms with Gasteiger partial charge in [-0.3, -0.25) is 4.79 Å². The van der Waals surface area contributed by atoms with Crippen LogP contribution in [-0.4, -0.2) is 23.5 Å². The summed E-state index contributed by atoms with van der Waals surface area (Å²) in [4.78, 5) is 12.5. The number of carbonyl (C=O) groups excluding carboxylic acids is 1. The van der Waals surface area contributed by atoms with Crippen molar-refractivity contribution in [2.75, 3.05) is 6.54 Å². The number of aliphatic hydroxyl groups is 1. The zero-order chi connectivity index (χ0) is 22.3. The highest BCUT2D eigenvalue weighted by Gasteiger charge is 2.19. The quantitative estimate of drug-likeness (QED) is 0.299. The van der Waals surface area contributed by atoms with Crippen molar-refractivity contribution in [1.82, 2.24) is 0 Å².